The molecule has 0 radical (unpaired) electrons. The molecule has 1 aromatic heterocycles. The Balaban J connectivity index is 1.56. The van der Waals surface area contributed by atoms with Gasteiger partial charge in [-0.2, -0.15) is 0 Å². The van der Waals surface area contributed by atoms with Crippen LogP contribution in [0.25, 0.3) is 11.5 Å². The average molecular weight is 314 g/mol. The Kier molecular flexibility index (Phi) is 4.14. The summed E-state index contributed by atoms with van der Waals surface area (Å²) in [5.74, 6) is -0.654. The topological polar surface area (TPSA) is 92.4 Å². The molecule has 1 amide bonds. The molecule has 0 bridgehead atoms. The van der Waals surface area contributed by atoms with Gasteiger partial charge in [0, 0.05) is 12.0 Å². The van der Waals surface area contributed by atoms with Gasteiger partial charge in [-0.25, -0.2) is 4.98 Å². The maximum absolute atomic E-state index is 12.0. The van der Waals surface area contributed by atoms with Crippen molar-refractivity contribution in [3.05, 3.63) is 42.3 Å². The molecule has 0 atom stereocenters. The van der Waals surface area contributed by atoms with Crippen LogP contribution in [0.2, 0.25) is 0 Å². The van der Waals surface area contributed by atoms with Gasteiger partial charge < -0.3 is 14.8 Å². The molecule has 1 aliphatic carbocycles. The Labute approximate surface area is 133 Å². The molecule has 1 aliphatic rings. The third kappa shape index (κ3) is 3.26. The second-order valence-corrected chi connectivity index (χ2v) is 5.90. The molecule has 3 rings (SSSR count). The van der Waals surface area contributed by atoms with Gasteiger partial charge in [0.25, 0.3) is 0 Å². The van der Waals surface area contributed by atoms with Gasteiger partial charge in [0.15, 0.2) is 0 Å². The zero-order valence-corrected chi connectivity index (χ0v) is 12.6. The van der Waals surface area contributed by atoms with Gasteiger partial charge in [0.1, 0.15) is 6.26 Å². The van der Waals surface area contributed by atoms with Crippen molar-refractivity contribution in [2.45, 2.75) is 32.2 Å². The molecule has 1 saturated carbocycles. The number of oxazole rings is 1. The van der Waals surface area contributed by atoms with Crippen LogP contribution >= 0.6 is 0 Å². The van der Waals surface area contributed by atoms with E-state index in [-0.39, 0.29) is 18.9 Å². The maximum atomic E-state index is 12.0. The summed E-state index contributed by atoms with van der Waals surface area (Å²) >= 11 is 0. The van der Waals surface area contributed by atoms with Crippen molar-refractivity contribution < 1.29 is 19.1 Å². The van der Waals surface area contributed by atoms with E-state index in [4.69, 9.17) is 4.42 Å². The second-order valence-electron chi connectivity index (χ2n) is 5.90. The zero-order chi connectivity index (χ0) is 16.3. The third-order valence-corrected chi connectivity index (χ3v) is 4.30. The minimum atomic E-state index is -0.883. The Bertz CT molecular complexity index is 704. The normalized spacial score (nSPS) is 15.7. The Hall–Kier alpha value is -2.63. The molecule has 1 fully saturated rings. The summed E-state index contributed by atoms with van der Waals surface area (Å²) in [6.07, 6.45) is 3.52. The fourth-order valence-corrected chi connectivity index (χ4v) is 2.73. The molecule has 23 heavy (non-hydrogen) atoms. The van der Waals surface area contributed by atoms with Gasteiger partial charge in [-0.05, 0) is 25.0 Å². The summed E-state index contributed by atoms with van der Waals surface area (Å²) in [5.41, 5.74) is 0.600. The van der Waals surface area contributed by atoms with Gasteiger partial charge in [0.2, 0.25) is 11.8 Å². The van der Waals surface area contributed by atoms with E-state index in [1.807, 2.05) is 30.3 Å². The van der Waals surface area contributed by atoms with Crippen LogP contribution in [0.15, 0.2) is 41.0 Å². The summed E-state index contributed by atoms with van der Waals surface area (Å²) in [5, 5.41) is 12.0. The first-order valence-corrected chi connectivity index (χ1v) is 7.59. The molecule has 2 N–H and O–H groups in total. The SMILES string of the molecule is O=C(CC1(C(=O)O)CCC1)NCc1coc(-c2ccccc2)n1. The number of carbonyl (C=O) groups excluding carboxylic acids is 1. The Morgan fingerprint density at radius 3 is 2.61 bits per heavy atom. The lowest BCUT2D eigenvalue weighted by Crippen LogP contribution is -2.42. The van der Waals surface area contributed by atoms with Crippen LogP contribution < -0.4 is 5.32 Å². The summed E-state index contributed by atoms with van der Waals surface area (Å²) in [6, 6.07) is 9.48. The first-order chi connectivity index (χ1) is 11.1. The van der Waals surface area contributed by atoms with Crippen LogP contribution in [0, 0.1) is 5.41 Å². The lowest BCUT2D eigenvalue weighted by Gasteiger charge is -2.36. The molecule has 6 heteroatoms. The van der Waals surface area contributed by atoms with Crippen molar-refractivity contribution in [2.75, 3.05) is 0 Å². The van der Waals surface area contributed by atoms with E-state index in [2.05, 4.69) is 10.3 Å². The number of benzene rings is 1. The van der Waals surface area contributed by atoms with Crippen LogP contribution in [0.3, 0.4) is 0 Å². The molecular weight excluding hydrogens is 296 g/mol. The first kappa shape index (κ1) is 15.3. The van der Waals surface area contributed by atoms with Crippen LogP contribution in [0.1, 0.15) is 31.4 Å². The number of nitrogens with zero attached hydrogens (tertiary/aromatic N) is 1. The van der Waals surface area contributed by atoms with Crippen LogP contribution in [-0.4, -0.2) is 22.0 Å². The number of nitrogens with one attached hydrogen (secondary N) is 1. The molecule has 0 aliphatic heterocycles. The van der Waals surface area contributed by atoms with Crippen molar-refractivity contribution in [1.82, 2.24) is 10.3 Å². The fourth-order valence-electron chi connectivity index (χ4n) is 2.73. The van der Waals surface area contributed by atoms with Gasteiger partial charge in [-0.3, -0.25) is 9.59 Å². The predicted molar refractivity (Wildman–Crippen MR) is 82.3 cm³/mol. The van der Waals surface area contributed by atoms with Gasteiger partial charge in [-0.1, -0.05) is 24.6 Å². The highest BCUT2D eigenvalue weighted by Crippen LogP contribution is 2.44. The largest absolute Gasteiger partial charge is 0.481 e. The molecule has 6 nitrogen and oxygen atoms in total. The minimum absolute atomic E-state index is 0.0196. The minimum Gasteiger partial charge on any atom is -0.481 e. The number of aromatic nitrogens is 1. The van der Waals surface area contributed by atoms with E-state index in [0.717, 1.165) is 12.0 Å². The summed E-state index contributed by atoms with van der Waals surface area (Å²) < 4.78 is 5.40. The maximum Gasteiger partial charge on any atom is 0.310 e. The van der Waals surface area contributed by atoms with Gasteiger partial charge in [-0.15, -0.1) is 0 Å². The number of hydrogen-bond acceptors (Lipinski definition) is 4. The summed E-state index contributed by atoms with van der Waals surface area (Å²) in [4.78, 5) is 27.6. The number of amides is 1. The zero-order valence-electron chi connectivity index (χ0n) is 12.6. The van der Waals surface area contributed by atoms with E-state index >= 15 is 0 Å². The first-order valence-electron chi connectivity index (χ1n) is 7.59. The van der Waals surface area contributed by atoms with E-state index in [1.54, 1.807) is 0 Å². The number of carboxylic acids is 1. The number of carbonyl (C=O) groups is 2. The van der Waals surface area contributed by atoms with Crippen molar-refractivity contribution in [3.63, 3.8) is 0 Å². The molecule has 1 aromatic carbocycles. The summed E-state index contributed by atoms with van der Waals surface area (Å²) in [6.45, 7) is 0.227. The van der Waals surface area contributed by atoms with Crippen molar-refractivity contribution in [3.8, 4) is 11.5 Å². The molecule has 0 spiro atoms. The van der Waals surface area contributed by atoms with Crippen LogP contribution in [0.4, 0.5) is 0 Å². The average Bonchev–Trinajstić information content (AvgIpc) is 2.98. The summed E-state index contributed by atoms with van der Waals surface area (Å²) in [7, 11) is 0. The predicted octanol–water partition coefficient (Wildman–Crippen LogP) is 2.60. The van der Waals surface area contributed by atoms with E-state index in [0.29, 0.717) is 24.4 Å². The number of carboxylic acid groups (broad SMARTS) is 1. The monoisotopic (exact) mass is 314 g/mol. The standard InChI is InChI=1S/C17H18N2O4/c20-14(9-17(16(21)22)7-4-8-17)18-10-13-11-23-15(19-13)12-5-2-1-3-6-12/h1-3,5-6,11H,4,7-10H2,(H,18,20)(H,21,22). The molecule has 2 aromatic rings. The lowest BCUT2D eigenvalue weighted by molar-refractivity contribution is -0.157. The molecule has 0 unspecified atom stereocenters. The molecule has 1 heterocycles. The van der Waals surface area contributed by atoms with Gasteiger partial charge in [0.05, 0.1) is 17.7 Å². The molecule has 0 saturated heterocycles. The van der Waals surface area contributed by atoms with Crippen molar-refractivity contribution >= 4 is 11.9 Å². The molecular formula is C17H18N2O4. The Morgan fingerprint density at radius 1 is 1.26 bits per heavy atom. The van der Waals surface area contributed by atoms with Crippen molar-refractivity contribution in [1.29, 1.82) is 0 Å². The van der Waals surface area contributed by atoms with E-state index in [9.17, 15) is 14.7 Å². The lowest BCUT2D eigenvalue weighted by atomic mass is 9.66. The quantitative estimate of drug-likeness (QED) is 0.855. The highest BCUT2D eigenvalue weighted by atomic mass is 16.4. The molecule has 120 valence electrons. The Morgan fingerprint density at radius 2 is 2.00 bits per heavy atom. The number of rotatable bonds is 6. The number of aliphatic carboxylic acids is 1. The second kappa shape index (κ2) is 6.24. The fraction of sp³-hybridized carbons (Fsp3) is 0.353. The third-order valence-electron chi connectivity index (χ3n) is 4.30. The number of hydrogen-bond donors (Lipinski definition) is 2. The smallest absolute Gasteiger partial charge is 0.310 e. The van der Waals surface area contributed by atoms with E-state index in [1.165, 1.54) is 6.26 Å². The highest BCUT2D eigenvalue weighted by molar-refractivity contribution is 5.85. The van der Waals surface area contributed by atoms with Gasteiger partial charge >= 0.3 is 5.97 Å². The highest BCUT2D eigenvalue weighted by Gasteiger charge is 2.45. The van der Waals surface area contributed by atoms with Crippen LogP contribution in [-0.2, 0) is 16.1 Å². The van der Waals surface area contributed by atoms with E-state index < -0.39 is 11.4 Å². The van der Waals surface area contributed by atoms with Crippen LogP contribution in [0.5, 0.6) is 0 Å². The van der Waals surface area contributed by atoms with Crippen molar-refractivity contribution in [2.24, 2.45) is 5.41 Å².